The van der Waals surface area contributed by atoms with Crippen LogP contribution in [0.3, 0.4) is 0 Å². The molecule has 0 aromatic heterocycles. The van der Waals surface area contributed by atoms with Crippen molar-refractivity contribution in [1.82, 2.24) is 4.90 Å². The topological polar surface area (TPSA) is 20.3 Å². The Kier molecular flexibility index (Phi) is 4.17. The molecule has 1 heterocycles. The number of rotatable bonds is 2. The smallest absolute Gasteiger partial charge is 0.255 e. The van der Waals surface area contributed by atoms with Gasteiger partial charge in [0.05, 0.1) is 0 Å². The maximum atomic E-state index is 14.2. The van der Waals surface area contributed by atoms with Gasteiger partial charge in [-0.2, -0.15) is 0 Å². The molecule has 1 fully saturated rings. The van der Waals surface area contributed by atoms with Gasteiger partial charge in [0.1, 0.15) is 17.0 Å². The Morgan fingerprint density at radius 1 is 1.00 bits per heavy atom. The van der Waals surface area contributed by atoms with Crippen LogP contribution in [0.1, 0.15) is 21.3 Å². The van der Waals surface area contributed by atoms with E-state index in [1.165, 1.54) is 23.9 Å². The van der Waals surface area contributed by atoms with Crippen molar-refractivity contribution in [2.75, 3.05) is 12.3 Å². The van der Waals surface area contributed by atoms with Gasteiger partial charge in [0.15, 0.2) is 0 Å². The predicted molar refractivity (Wildman–Crippen MR) is 96.5 cm³/mol. The van der Waals surface area contributed by atoms with E-state index in [0.29, 0.717) is 17.7 Å². The molecule has 3 aromatic rings. The van der Waals surface area contributed by atoms with Crippen molar-refractivity contribution < 1.29 is 13.6 Å². The number of fused-ring (bicyclic) bond motifs is 1. The van der Waals surface area contributed by atoms with Gasteiger partial charge in [-0.3, -0.25) is 4.79 Å². The van der Waals surface area contributed by atoms with Crippen molar-refractivity contribution in [3.63, 3.8) is 0 Å². The number of nitrogens with zero attached hydrogens (tertiary/aromatic N) is 1. The SMILES string of the molecule is O=C(c1ccc2ccccc2c1)N1CCS[C@H]1c1ccc(F)cc1F. The van der Waals surface area contributed by atoms with Crippen LogP contribution in [0.2, 0.25) is 0 Å². The molecule has 0 radical (unpaired) electrons. The largest absolute Gasteiger partial charge is 0.322 e. The number of carbonyl (C=O) groups is 1. The standard InChI is InChI=1S/C20H15F2NOS/c21-16-7-8-17(18(22)12-16)20-23(9-10-25-20)19(24)15-6-5-13-3-1-2-4-14(13)11-15/h1-8,11-12,20H,9-10H2/t20-/m0/s1. The van der Waals surface area contributed by atoms with Crippen LogP contribution in [-0.2, 0) is 0 Å². The third kappa shape index (κ3) is 3.00. The number of hydrogen-bond acceptors (Lipinski definition) is 2. The van der Waals surface area contributed by atoms with Crippen LogP contribution >= 0.6 is 11.8 Å². The summed E-state index contributed by atoms with van der Waals surface area (Å²) in [4.78, 5) is 14.6. The van der Waals surface area contributed by atoms with Gasteiger partial charge in [-0.1, -0.05) is 36.4 Å². The summed E-state index contributed by atoms with van der Waals surface area (Å²) < 4.78 is 27.3. The summed E-state index contributed by atoms with van der Waals surface area (Å²) >= 11 is 1.49. The summed E-state index contributed by atoms with van der Waals surface area (Å²) in [6.45, 7) is 0.539. The molecule has 0 aliphatic carbocycles. The highest BCUT2D eigenvalue weighted by Gasteiger charge is 2.33. The minimum atomic E-state index is -0.615. The van der Waals surface area contributed by atoms with E-state index in [4.69, 9.17) is 0 Å². The lowest BCUT2D eigenvalue weighted by Gasteiger charge is -2.24. The zero-order valence-corrected chi connectivity index (χ0v) is 14.1. The number of halogens is 2. The van der Waals surface area contributed by atoms with E-state index in [1.54, 1.807) is 11.0 Å². The first-order valence-electron chi connectivity index (χ1n) is 8.00. The van der Waals surface area contributed by atoms with Crippen molar-refractivity contribution in [1.29, 1.82) is 0 Å². The lowest BCUT2D eigenvalue weighted by molar-refractivity contribution is 0.0759. The van der Waals surface area contributed by atoms with E-state index < -0.39 is 17.0 Å². The lowest BCUT2D eigenvalue weighted by Crippen LogP contribution is -2.30. The van der Waals surface area contributed by atoms with Crippen LogP contribution in [0.25, 0.3) is 10.8 Å². The van der Waals surface area contributed by atoms with Crippen LogP contribution in [0.5, 0.6) is 0 Å². The van der Waals surface area contributed by atoms with Crippen molar-refractivity contribution in [3.05, 3.63) is 83.4 Å². The quantitative estimate of drug-likeness (QED) is 0.644. The predicted octanol–water partition coefficient (Wildman–Crippen LogP) is 5.01. The second-order valence-electron chi connectivity index (χ2n) is 5.95. The lowest BCUT2D eigenvalue weighted by atomic mass is 10.1. The maximum absolute atomic E-state index is 14.2. The van der Waals surface area contributed by atoms with Crippen molar-refractivity contribution in [3.8, 4) is 0 Å². The Morgan fingerprint density at radius 3 is 2.60 bits per heavy atom. The molecule has 0 spiro atoms. The minimum absolute atomic E-state index is 0.135. The summed E-state index contributed by atoms with van der Waals surface area (Å²) in [6, 6.07) is 16.9. The van der Waals surface area contributed by atoms with E-state index in [1.807, 2.05) is 36.4 Å². The molecule has 1 atom stereocenters. The Bertz CT molecular complexity index is 959. The third-order valence-corrected chi connectivity index (χ3v) is 5.62. The first-order valence-corrected chi connectivity index (χ1v) is 9.05. The summed E-state index contributed by atoms with van der Waals surface area (Å²) in [7, 11) is 0. The second-order valence-corrected chi connectivity index (χ2v) is 7.14. The number of hydrogen-bond donors (Lipinski definition) is 0. The Balaban J connectivity index is 1.67. The van der Waals surface area contributed by atoms with E-state index in [-0.39, 0.29) is 5.91 Å². The van der Waals surface area contributed by atoms with Crippen LogP contribution < -0.4 is 0 Å². The van der Waals surface area contributed by atoms with Crippen LogP contribution in [0, 0.1) is 11.6 Å². The number of carbonyl (C=O) groups excluding carboxylic acids is 1. The molecule has 1 aliphatic heterocycles. The molecule has 1 amide bonds. The highest BCUT2D eigenvalue weighted by atomic mass is 32.2. The first-order chi connectivity index (χ1) is 12.1. The van der Waals surface area contributed by atoms with Crippen LogP contribution in [-0.4, -0.2) is 23.1 Å². The minimum Gasteiger partial charge on any atom is -0.322 e. The Morgan fingerprint density at radius 2 is 1.80 bits per heavy atom. The fourth-order valence-corrected chi connectivity index (χ4v) is 4.40. The van der Waals surface area contributed by atoms with Crippen LogP contribution in [0.15, 0.2) is 60.7 Å². The number of thioether (sulfide) groups is 1. The van der Waals surface area contributed by atoms with Gasteiger partial charge in [0, 0.05) is 29.5 Å². The van der Waals surface area contributed by atoms with Crippen molar-refractivity contribution in [2.45, 2.75) is 5.37 Å². The zero-order chi connectivity index (χ0) is 17.4. The molecule has 1 saturated heterocycles. The van der Waals surface area contributed by atoms with Crippen LogP contribution in [0.4, 0.5) is 8.78 Å². The normalized spacial score (nSPS) is 17.2. The molecule has 1 aliphatic rings. The molecule has 5 heteroatoms. The summed E-state index contributed by atoms with van der Waals surface area (Å²) in [6.07, 6.45) is 0. The first kappa shape index (κ1) is 16.1. The molecule has 25 heavy (non-hydrogen) atoms. The average Bonchev–Trinajstić information content (AvgIpc) is 3.10. The van der Waals surface area contributed by atoms with E-state index >= 15 is 0 Å². The van der Waals surface area contributed by atoms with Crippen molar-refractivity contribution in [2.24, 2.45) is 0 Å². The molecule has 0 saturated carbocycles. The average molecular weight is 355 g/mol. The molecule has 4 rings (SSSR count). The van der Waals surface area contributed by atoms with Gasteiger partial charge in [-0.05, 0) is 29.0 Å². The van der Waals surface area contributed by atoms with E-state index in [2.05, 4.69) is 0 Å². The number of amides is 1. The monoisotopic (exact) mass is 355 g/mol. The zero-order valence-electron chi connectivity index (χ0n) is 13.3. The van der Waals surface area contributed by atoms with E-state index in [9.17, 15) is 13.6 Å². The fraction of sp³-hybridized carbons (Fsp3) is 0.150. The summed E-state index contributed by atoms with van der Waals surface area (Å²) in [5.74, 6) is -0.641. The molecule has 2 nitrogen and oxygen atoms in total. The number of benzene rings is 3. The molecule has 126 valence electrons. The van der Waals surface area contributed by atoms with Gasteiger partial charge in [0.2, 0.25) is 0 Å². The fourth-order valence-electron chi connectivity index (χ4n) is 3.13. The molecule has 0 unspecified atom stereocenters. The third-order valence-electron chi connectivity index (χ3n) is 4.38. The van der Waals surface area contributed by atoms with Gasteiger partial charge >= 0.3 is 0 Å². The van der Waals surface area contributed by atoms with Crippen molar-refractivity contribution >= 4 is 28.4 Å². The van der Waals surface area contributed by atoms with Gasteiger partial charge < -0.3 is 4.90 Å². The molecule has 0 bridgehead atoms. The Labute approximate surface area is 148 Å². The van der Waals surface area contributed by atoms with E-state index in [0.717, 1.165) is 22.6 Å². The molecular weight excluding hydrogens is 340 g/mol. The maximum Gasteiger partial charge on any atom is 0.255 e. The second kappa shape index (κ2) is 6.48. The Hall–Kier alpha value is -2.40. The van der Waals surface area contributed by atoms with Gasteiger partial charge in [-0.25, -0.2) is 8.78 Å². The summed E-state index contributed by atoms with van der Waals surface area (Å²) in [5, 5.41) is 1.63. The molecular formula is C20H15F2NOS. The van der Waals surface area contributed by atoms with Gasteiger partial charge in [-0.15, -0.1) is 11.8 Å². The highest BCUT2D eigenvalue weighted by molar-refractivity contribution is 7.99. The highest BCUT2D eigenvalue weighted by Crippen LogP contribution is 2.40. The summed E-state index contributed by atoms with van der Waals surface area (Å²) in [5.41, 5.74) is 0.923. The molecule has 0 N–H and O–H groups in total. The van der Waals surface area contributed by atoms with Gasteiger partial charge in [0.25, 0.3) is 5.91 Å². The molecule has 3 aromatic carbocycles.